The summed E-state index contributed by atoms with van der Waals surface area (Å²) in [5.41, 5.74) is -1.20. The van der Waals surface area contributed by atoms with Gasteiger partial charge in [0, 0.05) is 14.2 Å². The van der Waals surface area contributed by atoms with Crippen LogP contribution in [0, 0.1) is 0 Å². The van der Waals surface area contributed by atoms with Gasteiger partial charge in [-0.25, -0.2) is 19.4 Å². The molecule has 0 saturated carbocycles. The SMILES string of the molecule is COCC(=O)OCC12CO[C@@H]3[C@@H]4OCC5(COC(=O)COC)CO[C@@H]([C@@H](OC1)N32)N45. The highest BCUT2D eigenvalue weighted by molar-refractivity contribution is 5.71. The van der Waals surface area contributed by atoms with Gasteiger partial charge < -0.3 is 37.9 Å². The minimum Gasteiger partial charge on any atom is -0.462 e. The van der Waals surface area contributed by atoms with E-state index in [2.05, 4.69) is 9.80 Å². The maximum Gasteiger partial charge on any atom is 0.332 e. The van der Waals surface area contributed by atoms with Crippen molar-refractivity contribution in [3.8, 4) is 0 Å². The maximum atomic E-state index is 11.8. The Morgan fingerprint density at radius 1 is 0.733 bits per heavy atom. The van der Waals surface area contributed by atoms with Gasteiger partial charge in [-0.2, -0.15) is 0 Å². The average molecular weight is 430 g/mol. The number of ether oxygens (including phenoxy) is 8. The van der Waals surface area contributed by atoms with Gasteiger partial charge in [0.2, 0.25) is 0 Å². The maximum absolute atomic E-state index is 11.8. The van der Waals surface area contributed by atoms with Crippen LogP contribution in [0.4, 0.5) is 0 Å². The molecular formula is C18H26N2O10. The molecule has 168 valence electrons. The lowest BCUT2D eigenvalue weighted by molar-refractivity contribution is -0.254. The molecule has 5 saturated heterocycles. The molecule has 0 aromatic rings. The molecule has 5 fully saturated rings. The molecule has 5 aliphatic heterocycles. The van der Waals surface area contributed by atoms with E-state index in [9.17, 15) is 9.59 Å². The molecule has 4 atom stereocenters. The molecule has 12 nitrogen and oxygen atoms in total. The molecule has 0 aromatic carbocycles. The molecule has 0 amide bonds. The molecule has 0 aromatic heterocycles. The summed E-state index contributed by atoms with van der Waals surface area (Å²) in [6, 6.07) is 0. The Labute approximate surface area is 173 Å². The summed E-state index contributed by atoms with van der Waals surface area (Å²) < 4.78 is 44.9. The molecule has 0 bridgehead atoms. The summed E-state index contributed by atoms with van der Waals surface area (Å²) in [4.78, 5) is 27.7. The van der Waals surface area contributed by atoms with Gasteiger partial charge in [-0.15, -0.1) is 0 Å². The van der Waals surface area contributed by atoms with Crippen molar-refractivity contribution >= 4 is 11.9 Å². The molecule has 12 heteroatoms. The van der Waals surface area contributed by atoms with Gasteiger partial charge in [0.25, 0.3) is 0 Å². The number of hydrogen-bond acceptors (Lipinski definition) is 12. The van der Waals surface area contributed by atoms with Gasteiger partial charge in [0.15, 0.2) is 24.9 Å². The molecular weight excluding hydrogens is 404 g/mol. The van der Waals surface area contributed by atoms with E-state index < -0.39 is 47.9 Å². The van der Waals surface area contributed by atoms with E-state index in [1.807, 2.05) is 0 Å². The lowest BCUT2D eigenvalue weighted by Gasteiger charge is -2.47. The number of carbonyl (C=O) groups is 2. The van der Waals surface area contributed by atoms with Crippen molar-refractivity contribution in [3.63, 3.8) is 0 Å². The van der Waals surface area contributed by atoms with Gasteiger partial charge in [0.1, 0.15) is 37.5 Å². The lowest BCUT2D eigenvalue weighted by Crippen LogP contribution is -2.69. The van der Waals surface area contributed by atoms with Crippen LogP contribution in [0.5, 0.6) is 0 Å². The molecule has 0 spiro atoms. The van der Waals surface area contributed by atoms with E-state index in [0.29, 0.717) is 26.4 Å². The Kier molecular flexibility index (Phi) is 5.22. The first-order valence-corrected chi connectivity index (χ1v) is 9.86. The number of hydrogen-bond donors (Lipinski definition) is 0. The van der Waals surface area contributed by atoms with Crippen molar-refractivity contribution in [3.05, 3.63) is 0 Å². The van der Waals surface area contributed by atoms with Crippen molar-refractivity contribution in [2.24, 2.45) is 0 Å². The second kappa shape index (κ2) is 7.64. The molecule has 0 unspecified atom stereocenters. The van der Waals surface area contributed by atoms with Crippen LogP contribution in [0.3, 0.4) is 0 Å². The normalized spacial score (nSPS) is 41.7. The summed E-state index contributed by atoms with van der Waals surface area (Å²) in [6.45, 7) is 1.38. The highest BCUT2D eigenvalue weighted by Gasteiger charge is 2.72. The second-order valence-corrected chi connectivity index (χ2v) is 8.26. The van der Waals surface area contributed by atoms with Crippen LogP contribution < -0.4 is 0 Å². The number of nitrogens with zero attached hydrogens (tertiary/aromatic N) is 2. The van der Waals surface area contributed by atoms with Crippen LogP contribution in [-0.4, -0.2) is 125 Å². The highest BCUT2D eigenvalue weighted by atomic mass is 16.7. The zero-order chi connectivity index (χ0) is 20.9. The average Bonchev–Trinajstić information content (AvgIpc) is 3.46. The lowest BCUT2D eigenvalue weighted by atomic mass is 9.99. The number of methoxy groups -OCH3 is 2. The van der Waals surface area contributed by atoms with Gasteiger partial charge in [-0.05, 0) is 0 Å². The third-order valence-electron chi connectivity index (χ3n) is 6.30. The van der Waals surface area contributed by atoms with Crippen LogP contribution >= 0.6 is 0 Å². The summed E-state index contributed by atoms with van der Waals surface area (Å²) >= 11 is 0. The van der Waals surface area contributed by atoms with Crippen LogP contribution in [0.2, 0.25) is 0 Å². The van der Waals surface area contributed by atoms with E-state index in [-0.39, 0.29) is 26.4 Å². The monoisotopic (exact) mass is 430 g/mol. The van der Waals surface area contributed by atoms with Crippen LogP contribution in [0.25, 0.3) is 0 Å². The number of esters is 2. The van der Waals surface area contributed by atoms with Crippen molar-refractivity contribution < 1.29 is 47.5 Å². The predicted molar refractivity (Wildman–Crippen MR) is 93.8 cm³/mol. The molecule has 5 heterocycles. The summed E-state index contributed by atoms with van der Waals surface area (Å²) in [6.07, 6.45) is -1.64. The first-order valence-electron chi connectivity index (χ1n) is 9.86. The third-order valence-corrected chi connectivity index (χ3v) is 6.30. The standard InChI is InChI=1S/C18H26N2O10/c1-23-3-11(21)25-5-17-7-27-13-15-20-16(14(19(13)17)28-8-17)30-10-18(20,9-29-15)6-26-12(22)4-24-2/h13-16H,3-10H2,1-2H3/t13-,14-,15+,16+,17?,18?. The summed E-state index contributed by atoms with van der Waals surface area (Å²) in [5.74, 6) is -0.882. The van der Waals surface area contributed by atoms with Gasteiger partial charge in [-0.3, -0.25) is 0 Å². The Hall–Kier alpha value is -1.38. The van der Waals surface area contributed by atoms with E-state index in [4.69, 9.17) is 37.9 Å². The fourth-order valence-corrected chi connectivity index (χ4v) is 4.98. The van der Waals surface area contributed by atoms with E-state index >= 15 is 0 Å². The largest absolute Gasteiger partial charge is 0.462 e. The quantitative estimate of drug-likeness (QED) is 0.393. The fraction of sp³-hybridized carbons (Fsp3) is 0.889. The van der Waals surface area contributed by atoms with Gasteiger partial charge >= 0.3 is 11.9 Å². The predicted octanol–water partition coefficient (Wildman–Crippen LogP) is -2.11. The van der Waals surface area contributed by atoms with Crippen molar-refractivity contribution in [2.75, 3.05) is 67.1 Å². The van der Waals surface area contributed by atoms with Crippen molar-refractivity contribution in [1.82, 2.24) is 9.80 Å². The number of piperazine rings is 1. The van der Waals surface area contributed by atoms with Crippen LogP contribution in [0.1, 0.15) is 0 Å². The van der Waals surface area contributed by atoms with Crippen molar-refractivity contribution in [1.29, 1.82) is 0 Å². The van der Waals surface area contributed by atoms with Gasteiger partial charge in [-0.1, -0.05) is 0 Å². The zero-order valence-electron chi connectivity index (χ0n) is 16.9. The number of carbonyl (C=O) groups excluding carboxylic acids is 2. The fourth-order valence-electron chi connectivity index (χ4n) is 4.98. The molecule has 0 aliphatic carbocycles. The molecule has 0 N–H and O–H groups in total. The van der Waals surface area contributed by atoms with Crippen LogP contribution in [0.15, 0.2) is 0 Å². The molecule has 5 rings (SSSR count). The Balaban J connectivity index is 1.32. The van der Waals surface area contributed by atoms with E-state index in [0.717, 1.165) is 0 Å². The van der Waals surface area contributed by atoms with Gasteiger partial charge in [0.05, 0.1) is 26.4 Å². The Morgan fingerprint density at radius 2 is 1.07 bits per heavy atom. The summed E-state index contributed by atoms with van der Waals surface area (Å²) in [7, 11) is 2.88. The van der Waals surface area contributed by atoms with E-state index in [1.165, 1.54) is 14.2 Å². The number of rotatable bonds is 8. The third kappa shape index (κ3) is 2.98. The molecule has 5 aliphatic rings. The van der Waals surface area contributed by atoms with E-state index in [1.54, 1.807) is 0 Å². The minimum atomic E-state index is -0.601. The van der Waals surface area contributed by atoms with Crippen LogP contribution in [-0.2, 0) is 47.5 Å². The second-order valence-electron chi connectivity index (χ2n) is 8.26. The minimum absolute atomic E-state index is 0.111. The zero-order valence-corrected chi connectivity index (χ0v) is 16.9. The first-order chi connectivity index (χ1) is 14.5. The number of fused-ring (bicyclic) bond motifs is 2. The Bertz CT molecular complexity index is 618. The topological polar surface area (TPSA) is 114 Å². The first kappa shape index (κ1) is 20.5. The molecule has 30 heavy (non-hydrogen) atoms. The Morgan fingerprint density at radius 3 is 1.37 bits per heavy atom. The molecule has 0 radical (unpaired) electrons. The van der Waals surface area contributed by atoms with Crippen molar-refractivity contribution in [2.45, 2.75) is 36.0 Å². The smallest absolute Gasteiger partial charge is 0.332 e. The summed E-state index contributed by atoms with van der Waals surface area (Å²) in [5, 5.41) is 0. The highest BCUT2D eigenvalue weighted by Crippen LogP contribution is 2.51.